The fourth-order valence-corrected chi connectivity index (χ4v) is 2.89. The molecule has 1 aromatic carbocycles. The number of rotatable bonds is 6. The molecule has 0 aliphatic heterocycles. The highest BCUT2D eigenvalue weighted by atomic mass is 16.5. The van der Waals surface area contributed by atoms with Crippen LogP contribution in [0.4, 0.5) is 5.95 Å². The zero-order chi connectivity index (χ0) is 20.4. The molecule has 2 heterocycles. The Kier molecular flexibility index (Phi) is 5.48. The van der Waals surface area contributed by atoms with E-state index in [-0.39, 0.29) is 11.8 Å². The second kappa shape index (κ2) is 7.84. The Morgan fingerprint density at radius 1 is 1.21 bits per heavy atom. The lowest BCUT2D eigenvalue weighted by atomic mass is 10.1. The van der Waals surface area contributed by atoms with Gasteiger partial charge in [-0.2, -0.15) is 4.98 Å². The lowest BCUT2D eigenvalue weighted by Crippen LogP contribution is -2.26. The summed E-state index contributed by atoms with van der Waals surface area (Å²) in [6.07, 6.45) is 0. The first-order chi connectivity index (χ1) is 13.3. The summed E-state index contributed by atoms with van der Waals surface area (Å²) in [6, 6.07) is 9.25. The Morgan fingerprint density at radius 3 is 2.57 bits per heavy atom. The molecule has 1 amide bonds. The van der Waals surface area contributed by atoms with Gasteiger partial charge < -0.3 is 14.3 Å². The molecule has 0 unspecified atom stereocenters. The standard InChI is InChI=1S/C20H26N6O2/c1-13(2)17-11-16(23-28-17)12-25(5)19(27)15-9-7-8-14(10-15)18-21-20(24(3)4)26(6)22-18/h7-11,13H,12H2,1-6H3. The summed E-state index contributed by atoms with van der Waals surface area (Å²) in [6.45, 7) is 4.46. The molecule has 148 valence electrons. The monoisotopic (exact) mass is 382 g/mol. The second-order valence-corrected chi connectivity index (χ2v) is 7.37. The summed E-state index contributed by atoms with van der Waals surface area (Å²) in [4.78, 5) is 20.9. The topological polar surface area (TPSA) is 80.3 Å². The zero-order valence-corrected chi connectivity index (χ0v) is 17.2. The second-order valence-electron chi connectivity index (χ2n) is 7.37. The molecule has 8 nitrogen and oxygen atoms in total. The van der Waals surface area contributed by atoms with E-state index in [1.165, 1.54) is 0 Å². The summed E-state index contributed by atoms with van der Waals surface area (Å²) in [5, 5.41) is 8.50. The van der Waals surface area contributed by atoms with Crippen LogP contribution in [0.15, 0.2) is 34.9 Å². The molecule has 0 bridgehead atoms. The third-order valence-corrected chi connectivity index (χ3v) is 4.40. The van der Waals surface area contributed by atoms with Crippen molar-refractivity contribution in [2.45, 2.75) is 26.3 Å². The van der Waals surface area contributed by atoms with Crippen molar-refractivity contribution in [3.8, 4) is 11.4 Å². The van der Waals surface area contributed by atoms with Crippen molar-refractivity contribution in [3.05, 3.63) is 47.3 Å². The number of aryl methyl sites for hydroxylation is 1. The van der Waals surface area contributed by atoms with Crippen molar-refractivity contribution in [2.75, 3.05) is 26.0 Å². The van der Waals surface area contributed by atoms with Gasteiger partial charge in [-0.05, 0) is 12.1 Å². The first-order valence-electron chi connectivity index (χ1n) is 9.16. The van der Waals surface area contributed by atoms with Gasteiger partial charge in [0.05, 0.1) is 6.54 Å². The van der Waals surface area contributed by atoms with Gasteiger partial charge in [-0.15, -0.1) is 5.10 Å². The van der Waals surface area contributed by atoms with E-state index in [0.29, 0.717) is 17.9 Å². The maximum atomic E-state index is 12.9. The molecular formula is C20H26N6O2. The molecule has 0 aliphatic rings. The Bertz CT molecular complexity index is 973. The molecule has 0 spiro atoms. The predicted molar refractivity (Wildman–Crippen MR) is 107 cm³/mol. The average molecular weight is 382 g/mol. The summed E-state index contributed by atoms with van der Waals surface area (Å²) in [5.41, 5.74) is 2.11. The van der Waals surface area contributed by atoms with Gasteiger partial charge in [0, 0.05) is 51.3 Å². The molecule has 0 fully saturated rings. The Morgan fingerprint density at radius 2 is 1.96 bits per heavy atom. The largest absolute Gasteiger partial charge is 0.361 e. The number of anilines is 1. The predicted octanol–water partition coefficient (Wildman–Crippen LogP) is 2.93. The van der Waals surface area contributed by atoms with Gasteiger partial charge in [0.1, 0.15) is 11.5 Å². The van der Waals surface area contributed by atoms with Crippen molar-refractivity contribution < 1.29 is 9.32 Å². The van der Waals surface area contributed by atoms with Crippen molar-refractivity contribution in [1.29, 1.82) is 0 Å². The number of nitrogens with zero attached hydrogens (tertiary/aromatic N) is 6. The highest BCUT2D eigenvalue weighted by Crippen LogP contribution is 2.21. The number of benzene rings is 1. The number of hydrogen-bond acceptors (Lipinski definition) is 6. The highest BCUT2D eigenvalue weighted by molar-refractivity contribution is 5.95. The molecule has 3 aromatic rings. The Labute approximate surface area is 164 Å². The van der Waals surface area contributed by atoms with Crippen LogP contribution in [0.2, 0.25) is 0 Å². The lowest BCUT2D eigenvalue weighted by Gasteiger charge is -2.15. The minimum atomic E-state index is -0.0975. The van der Waals surface area contributed by atoms with E-state index in [0.717, 1.165) is 23.0 Å². The Hall–Kier alpha value is -3.16. The summed E-state index contributed by atoms with van der Waals surface area (Å²) < 4.78 is 7.03. The van der Waals surface area contributed by atoms with Crippen LogP contribution in [0.3, 0.4) is 0 Å². The van der Waals surface area contributed by atoms with Crippen LogP contribution < -0.4 is 4.90 Å². The summed E-state index contributed by atoms with van der Waals surface area (Å²) in [5.74, 6) is 2.31. The van der Waals surface area contributed by atoms with Gasteiger partial charge in [-0.3, -0.25) is 4.79 Å². The van der Waals surface area contributed by atoms with Crippen LogP contribution in [0, 0.1) is 0 Å². The number of aromatic nitrogens is 4. The van der Waals surface area contributed by atoms with Gasteiger partial charge in [-0.1, -0.05) is 31.1 Å². The zero-order valence-electron chi connectivity index (χ0n) is 17.2. The SMILES string of the molecule is CC(C)c1cc(CN(C)C(=O)c2cccc(-c3nc(N(C)C)n(C)n3)c2)no1. The number of hydrogen-bond donors (Lipinski definition) is 0. The lowest BCUT2D eigenvalue weighted by molar-refractivity contribution is 0.0782. The van der Waals surface area contributed by atoms with Gasteiger partial charge in [0.15, 0.2) is 5.82 Å². The first-order valence-corrected chi connectivity index (χ1v) is 9.16. The molecule has 0 atom stereocenters. The molecule has 0 saturated carbocycles. The molecule has 0 saturated heterocycles. The molecule has 3 rings (SSSR count). The number of carbonyl (C=O) groups excluding carboxylic acids is 1. The first kappa shape index (κ1) is 19.6. The van der Waals surface area contributed by atoms with E-state index in [9.17, 15) is 4.79 Å². The van der Waals surface area contributed by atoms with E-state index in [1.54, 1.807) is 22.7 Å². The molecule has 28 heavy (non-hydrogen) atoms. The van der Waals surface area contributed by atoms with Crippen molar-refractivity contribution in [2.24, 2.45) is 7.05 Å². The van der Waals surface area contributed by atoms with Gasteiger partial charge in [-0.25, -0.2) is 4.68 Å². The number of carbonyl (C=O) groups is 1. The van der Waals surface area contributed by atoms with Crippen LogP contribution in [0.5, 0.6) is 0 Å². The van der Waals surface area contributed by atoms with Crippen molar-refractivity contribution in [1.82, 2.24) is 24.8 Å². The van der Waals surface area contributed by atoms with E-state index in [4.69, 9.17) is 4.52 Å². The van der Waals surface area contributed by atoms with E-state index < -0.39 is 0 Å². The van der Waals surface area contributed by atoms with Gasteiger partial charge in [0.25, 0.3) is 5.91 Å². The molecule has 8 heteroatoms. The summed E-state index contributed by atoms with van der Waals surface area (Å²) >= 11 is 0. The minimum absolute atomic E-state index is 0.0975. The maximum Gasteiger partial charge on any atom is 0.253 e. The van der Waals surface area contributed by atoms with Crippen LogP contribution in [0.1, 0.15) is 41.6 Å². The van der Waals surface area contributed by atoms with Crippen LogP contribution in [-0.4, -0.2) is 51.9 Å². The third kappa shape index (κ3) is 4.05. The quantitative estimate of drug-likeness (QED) is 0.652. The molecule has 0 aliphatic carbocycles. The van der Waals surface area contributed by atoms with Crippen LogP contribution in [-0.2, 0) is 13.6 Å². The fraction of sp³-hybridized carbons (Fsp3) is 0.400. The molecular weight excluding hydrogens is 356 g/mol. The minimum Gasteiger partial charge on any atom is -0.361 e. The highest BCUT2D eigenvalue weighted by Gasteiger charge is 2.17. The average Bonchev–Trinajstić information content (AvgIpc) is 3.28. The maximum absolute atomic E-state index is 12.9. The molecule has 0 radical (unpaired) electrons. The van der Waals surface area contributed by atoms with Crippen LogP contribution in [0.25, 0.3) is 11.4 Å². The molecule has 0 N–H and O–H groups in total. The van der Waals surface area contributed by atoms with Crippen molar-refractivity contribution >= 4 is 11.9 Å². The fourth-order valence-electron chi connectivity index (χ4n) is 2.89. The van der Waals surface area contributed by atoms with E-state index >= 15 is 0 Å². The Balaban J connectivity index is 1.78. The van der Waals surface area contributed by atoms with E-state index in [2.05, 4.69) is 15.2 Å². The number of amides is 1. The summed E-state index contributed by atoms with van der Waals surface area (Å²) in [7, 11) is 7.43. The molecule has 2 aromatic heterocycles. The van der Waals surface area contributed by atoms with E-state index in [1.807, 2.05) is 64.2 Å². The normalized spacial score (nSPS) is 11.1. The third-order valence-electron chi connectivity index (χ3n) is 4.40. The van der Waals surface area contributed by atoms with Gasteiger partial charge >= 0.3 is 0 Å². The van der Waals surface area contributed by atoms with Gasteiger partial charge in [0.2, 0.25) is 5.95 Å². The van der Waals surface area contributed by atoms with Crippen LogP contribution >= 0.6 is 0 Å². The van der Waals surface area contributed by atoms with Crippen molar-refractivity contribution in [3.63, 3.8) is 0 Å². The smallest absolute Gasteiger partial charge is 0.253 e.